The highest BCUT2D eigenvalue weighted by Crippen LogP contribution is 2.24. The molecule has 0 N–H and O–H groups in total. The molecule has 1 fully saturated rings. The Morgan fingerprint density at radius 2 is 2.10 bits per heavy atom. The molecule has 3 aromatic rings. The van der Waals surface area contributed by atoms with Crippen LogP contribution in [0.1, 0.15) is 33.9 Å². The minimum atomic E-state index is 0.0293. The summed E-state index contributed by atoms with van der Waals surface area (Å²) in [4.78, 5) is 24.5. The first-order valence-electron chi connectivity index (χ1n) is 10.1. The van der Waals surface area contributed by atoms with Gasteiger partial charge in [-0.3, -0.25) is 14.7 Å². The van der Waals surface area contributed by atoms with Crippen molar-refractivity contribution in [1.82, 2.24) is 14.8 Å². The van der Waals surface area contributed by atoms with Crippen LogP contribution < -0.4 is 0 Å². The third kappa shape index (κ3) is 5.34. The van der Waals surface area contributed by atoms with Crippen molar-refractivity contribution in [3.8, 4) is 0 Å². The topological polar surface area (TPSA) is 49.6 Å². The van der Waals surface area contributed by atoms with E-state index in [1.165, 1.54) is 9.75 Å². The molecule has 1 unspecified atom stereocenters. The number of amides is 1. The fourth-order valence-corrected chi connectivity index (χ4v) is 4.87. The number of aryl methyl sites for hydroxylation is 1. The average molecular weight is 410 g/mol. The average Bonchev–Trinajstić information content (AvgIpc) is 3.39. The van der Waals surface area contributed by atoms with E-state index in [9.17, 15) is 4.79 Å². The molecule has 0 radical (unpaired) electrons. The summed E-state index contributed by atoms with van der Waals surface area (Å²) in [6.45, 7) is 5.96. The molecule has 1 saturated heterocycles. The van der Waals surface area contributed by atoms with Crippen LogP contribution in [0.15, 0.2) is 59.5 Å². The lowest BCUT2D eigenvalue weighted by molar-refractivity contribution is -0.138. The molecule has 0 bridgehead atoms. The van der Waals surface area contributed by atoms with Crippen LogP contribution in [-0.2, 0) is 24.4 Å². The Balaban J connectivity index is 1.47. The Bertz CT molecular complexity index is 907. The highest BCUT2D eigenvalue weighted by molar-refractivity contribution is 7.11. The number of likely N-dealkylation sites (tertiary alicyclic amines) is 1. The van der Waals surface area contributed by atoms with E-state index in [-0.39, 0.29) is 11.8 Å². The van der Waals surface area contributed by atoms with Gasteiger partial charge in [-0.15, -0.1) is 11.3 Å². The summed E-state index contributed by atoms with van der Waals surface area (Å²) in [5, 5.41) is 0. The lowest BCUT2D eigenvalue weighted by Gasteiger charge is -2.34. The van der Waals surface area contributed by atoms with E-state index < -0.39 is 0 Å². The number of piperidine rings is 1. The molecule has 0 saturated carbocycles. The molecule has 6 heteroatoms. The number of aromatic nitrogens is 1. The Morgan fingerprint density at radius 1 is 1.24 bits per heavy atom. The van der Waals surface area contributed by atoms with E-state index >= 15 is 0 Å². The van der Waals surface area contributed by atoms with Crippen molar-refractivity contribution in [2.24, 2.45) is 5.92 Å². The van der Waals surface area contributed by atoms with Gasteiger partial charge in [-0.1, -0.05) is 0 Å². The Hall–Kier alpha value is -2.44. The van der Waals surface area contributed by atoms with E-state index in [2.05, 4.69) is 28.9 Å². The molecule has 4 rings (SSSR count). The highest BCUT2D eigenvalue weighted by Gasteiger charge is 2.30. The van der Waals surface area contributed by atoms with E-state index in [4.69, 9.17) is 4.42 Å². The smallest absolute Gasteiger partial charge is 0.227 e. The largest absolute Gasteiger partial charge is 0.468 e. The number of carbonyl (C=O) groups excluding carboxylic acids is 1. The first kappa shape index (κ1) is 19.9. The van der Waals surface area contributed by atoms with E-state index in [0.29, 0.717) is 13.1 Å². The fourth-order valence-electron chi connectivity index (χ4n) is 3.96. The van der Waals surface area contributed by atoms with Crippen molar-refractivity contribution >= 4 is 17.2 Å². The van der Waals surface area contributed by atoms with Gasteiger partial charge in [0.25, 0.3) is 0 Å². The zero-order valence-corrected chi connectivity index (χ0v) is 17.6. The van der Waals surface area contributed by atoms with Crippen LogP contribution in [0.4, 0.5) is 0 Å². The van der Waals surface area contributed by atoms with Crippen LogP contribution in [0, 0.1) is 12.8 Å². The van der Waals surface area contributed by atoms with Crippen molar-refractivity contribution in [2.75, 3.05) is 13.1 Å². The molecule has 29 heavy (non-hydrogen) atoms. The van der Waals surface area contributed by atoms with E-state index in [0.717, 1.165) is 43.8 Å². The molecule has 1 aliphatic rings. The van der Waals surface area contributed by atoms with Gasteiger partial charge in [0.05, 0.1) is 25.3 Å². The summed E-state index contributed by atoms with van der Waals surface area (Å²) in [6, 6.07) is 12.2. The molecule has 3 aromatic heterocycles. The maximum atomic E-state index is 13.5. The minimum Gasteiger partial charge on any atom is -0.468 e. The van der Waals surface area contributed by atoms with Gasteiger partial charge in [-0.2, -0.15) is 0 Å². The van der Waals surface area contributed by atoms with Gasteiger partial charge in [0.15, 0.2) is 0 Å². The third-order valence-corrected chi connectivity index (χ3v) is 6.38. The molecular formula is C23H27N3O2S. The fraction of sp³-hybridized carbons (Fsp3) is 0.391. The van der Waals surface area contributed by atoms with Crippen LogP contribution >= 0.6 is 11.3 Å². The van der Waals surface area contributed by atoms with Gasteiger partial charge in [-0.25, -0.2) is 0 Å². The number of nitrogens with zero attached hydrogens (tertiary/aromatic N) is 3. The summed E-state index contributed by atoms with van der Waals surface area (Å²) in [5.74, 6) is 1.24. The van der Waals surface area contributed by atoms with Crippen LogP contribution in [0.5, 0.6) is 0 Å². The van der Waals surface area contributed by atoms with Gasteiger partial charge in [0, 0.05) is 35.2 Å². The first-order valence-corrected chi connectivity index (χ1v) is 11.0. The molecular weight excluding hydrogens is 382 g/mol. The molecule has 1 atom stereocenters. The number of carbonyl (C=O) groups is 1. The van der Waals surface area contributed by atoms with Crippen LogP contribution in [0.3, 0.4) is 0 Å². The second-order valence-corrected chi connectivity index (χ2v) is 9.09. The molecule has 0 aromatic carbocycles. The Labute approximate surface area is 176 Å². The number of hydrogen-bond acceptors (Lipinski definition) is 5. The van der Waals surface area contributed by atoms with E-state index in [1.807, 2.05) is 29.2 Å². The van der Waals surface area contributed by atoms with Crippen molar-refractivity contribution in [3.05, 3.63) is 76.1 Å². The lowest BCUT2D eigenvalue weighted by Crippen LogP contribution is -2.44. The highest BCUT2D eigenvalue weighted by atomic mass is 32.1. The van der Waals surface area contributed by atoms with Crippen molar-refractivity contribution in [1.29, 1.82) is 0 Å². The summed E-state index contributed by atoms with van der Waals surface area (Å²) in [6.07, 6.45) is 7.28. The molecule has 4 heterocycles. The lowest BCUT2D eigenvalue weighted by atomic mass is 9.96. The zero-order valence-electron chi connectivity index (χ0n) is 16.8. The normalized spacial score (nSPS) is 17.3. The molecule has 0 spiro atoms. The first-order chi connectivity index (χ1) is 14.2. The number of rotatable bonds is 7. The predicted molar refractivity (Wildman–Crippen MR) is 114 cm³/mol. The van der Waals surface area contributed by atoms with Crippen LogP contribution in [0.2, 0.25) is 0 Å². The van der Waals surface area contributed by atoms with Gasteiger partial charge in [0.2, 0.25) is 5.91 Å². The van der Waals surface area contributed by atoms with Crippen LogP contribution in [0.25, 0.3) is 0 Å². The maximum absolute atomic E-state index is 13.5. The van der Waals surface area contributed by atoms with E-state index in [1.54, 1.807) is 30.0 Å². The summed E-state index contributed by atoms with van der Waals surface area (Å²) >= 11 is 1.76. The van der Waals surface area contributed by atoms with Gasteiger partial charge >= 0.3 is 0 Å². The van der Waals surface area contributed by atoms with Crippen molar-refractivity contribution in [3.63, 3.8) is 0 Å². The monoisotopic (exact) mass is 409 g/mol. The quantitative estimate of drug-likeness (QED) is 0.577. The number of hydrogen-bond donors (Lipinski definition) is 0. The summed E-state index contributed by atoms with van der Waals surface area (Å²) < 4.78 is 5.50. The van der Waals surface area contributed by atoms with Gasteiger partial charge < -0.3 is 9.32 Å². The number of thiophene rings is 1. The maximum Gasteiger partial charge on any atom is 0.227 e. The van der Waals surface area contributed by atoms with Crippen molar-refractivity contribution < 1.29 is 9.21 Å². The molecule has 1 amide bonds. The van der Waals surface area contributed by atoms with Crippen molar-refractivity contribution in [2.45, 2.75) is 39.4 Å². The predicted octanol–water partition coefficient (Wildman–Crippen LogP) is 4.49. The SMILES string of the molecule is Cc1ccc(CN(Cc2ccncc2)C(=O)C2CCCN(Cc3ccco3)C2)s1. The van der Waals surface area contributed by atoms with Gasteiger partial charge in [-0.05, 0) is 68.3 Å². The molecule has 1 aliphatic heterocycles. The molecule has 152 valence electrons. The zero-order chi connectivity index (χ0) is 20.1. The molecule has 5 nitrogen and oxygen atoms in total. The number of pyridine rings is 1. The number of furan rings is 1. The molecule has 0 aliphatic carbocycles. The Morgan fingerprint density at radius 3 is 2.83 bits per heavy atom. The van der Waals surface area contributed by atoms with Crippen LogP contribution in [-0.4, -0.2) is 33.8 Å². The minimum absolute atomic E-state index is 0.0293. The standard InChI is InChI=1S/C23H27N3O2S/c1-18-6-7-22(29-18)17-26(14-19-8-10-24-11-9-19)23(27)20-4-2-12-25(15-20)16-21-5-3-13-28-21/h3,5-11,13,20H,2,4,12,14-17H2,1H3. The second-order valence-electron chi connectivity index (χ2n) is 7.72. The second kappa shape index (κ2) is 9.37. The summed E-state index contributed by atoms with van der Waals surface area (Å²) in [7, 11) is 0. The summed E-state index contributed by atoms with van der Waals surface area (Å²) in [5.41, 5.74) is 1.12. The Kier molecular flexibility index (Phi) is 6.42. The third-order valence-electron chi connectivity index (χ3n) is 5.39. The van der Waals surface area contributed by atoms with Gasteiger partial charge in [0.1, 0.15) is 5.76 Å².